The normalized spacial score (nSPS) is 19.7. The Labute approximate surface area is 153 Å². The van der Waals surface area contributed by atoms with E-state index in [2.05, 4.69) is 16.0 Å². The van der Waals surface area contributed by atoms with E-state index < -0.39 is 23.0 Å². The summed E-state index contributed by atoms with van der Waals surface area (Å²) in [7, 11) is 0. The number of halogens is 2. The summed E-state index contributed by atoms with van der Waals surface area (Å²) in [5.74, 6) is -2.11. The first-order valence-electron chi connectivity index (χ1n) is 7.98. The first-order chi connectivity index (χ1) is 12.5. The van der Waals surface area contributed by atoms with Crippen molar-refractivity contribution in [2.24, 2.45) is 0 Å². The maximum Gasteiger partial charge on any atom is 0.234 e. The number of carbonyl (C=O) groups excluding carboxylic acids is 2. The zero-order valence-electron chi connectivity index (χ0n) is 13.7. The van der Waals surface area contributed by atoms with Crippen LogP contribution in [0.2, 0.25) is 0 Å². The van der Waals surface area contributed by atoms with Gasteiger partial charge in [-0.25, -0.2) is 8.78 Å². The number of amides is 2. The van der Waals surface area contributed by atoms with Gasteiger partial charge < -0.3 is 10.6 Å². The summed E-state index contributed by atoms with van der Waals surface area (Å²) in [6.45, 7) is 0. The lowest BCUT2D eigenvalue weighted by molar-refractivity contribution is -0.123. The average molecular weight is 377 g/mol. The fourth-order valence-electron chi connectivity index (χ4n) is 2.60. The van der Waals surface area contributed by atoms with Crippen molar-refractivity contribution in [1.29, 1.82) is 0 Å². The number of carbonyl (C=O) groups is 2. The molecule has 0 saturated carbocycles. The monoisotopic (exact) mass is 377 g/mol. The topological polar surface area (TPSA) is 70.2 Å². The van der Waals surface area contributed by atoms with Crippen LogP contribution in [0.15, 0.2) is 48.5 Å². The Hall–Kier alpha value is -2.45. The van der Waals surface area contributed by atoms with Crippen LogP contribution in [0.5, 0.6) is 0 Å². The van der Waals surface area contributed by atoms with Gasteiger partial charge in [0.25, 0.3) is 0 Å². The van der Waals surface area contributed by atoms with Crippen molar-refractivity contribution >= 4 is 29.3 Å². The fourth-order valence-corrected chi connectivity index (χ4v) is 3.46. The Kier molecular flexibility index (Phi) is 5.85. The van der Waals surface area contributed by atoms with Crippen LogP contribution in [0.1, 0.15) is 18.0 Å². The molecule has 0 spiro atoms. The zero-order chi connectivity index (χ0) is 18.5. The quantitative estimate of drug-likeness (QED) is 0.749. The van der Waals surface area contributed by atoms with E-state index in [1.54, 1.807) is 0 Å². The van der Waals surface area contributed by atoms with E-state index in [4.69, 9.17) is 0 Å². The van der Waals surface area contributed by atoms with Gasteiger partial charge in [0.05, 0.1) is 11.4 Å². The molecule has 1 fully saturated rings. The predicted molar refractivity (Wildman–Crippen MR) is 96.3 cm³/mol. The Morgan fingerprint density at radius 1 is 1.19 bits per heavy atom. The molecule has 8 heteroatoms. The third kappa shape index (κ3) is 4.80. The minimum absolute atomic E-state index is 0.00370. The number of benzene rings is 2. The molecule has 136 valence electrons. The van der Waals surface area contributed by atoms with Gasteiger partial charge >= 0.3 is 0 Å². The van der Waals surface area contributed by atoms with Crippen LogP contribution < -0.4 is 16.0 Å². The van der Waals surface area contributed by atoms with E-state index >= 15 is 0 Å². The SMILES string of the molecule is O=C(CSC1NC(=O)CC(c2ccccc2)N1)Nc1ccc(F)cc1F. The molecule has 0 aromatic heterocycles. The number of rotatable bonds is 5. The van der Waals surface area contributed by atoms with Crippen molar-refractivity contribution < 1.29 is 18.4 Å². The first kappa shape index (κ1) is 18.3. The smallest absolute Gasteiger partial charge is 0.234 e. The maximum atomic E-state index is 13.6. The Balaban J connectivity index is 1.55. The molecule has 1 heterocycles. The van der Waals surface area contributed by atoms with Gasteiger partial charge in [-0.2, -0.15) is 0 Å². The molecular weight excluding hydrogens is 360 g/mol. The van der Waals surface area contributed by atoms with E-state index in [0.717, 1.165) is 11.6 Å². The highest BCUT2D eigenvalue weighted by Gasteiger charge is 2.27. The van der Waals surface area contributed by atoms with E-state index in [-0.39, 0.29) is 23.4 Å². The second-order valence-electron chi connectivity index (χ2n) is 5.76. The summed E-state index contributed by atoms with van der Waals surface area (Å²) < 4.78 is 26.4. The molecule has 0 aliphatic carbocycles. The largest absolute Gasteiger partial charge is 0.332 e. The highest BCUT2D eigenvalue weighted by molar-refractivity contribution is 8.00. The van der Waals surface area contributed by atoms with E-state index in [1.807, 2.05) is 30.3 Å². The molecule has 1 aliphatic rings. The number of anilines is 1. The van der Waals surface area contributed by atoms with Crippen LogP contribution in [0.3, 0.4) is 0 Å². The number of hydrogen-bond acceptors (Lipinski definition) is 4. The molecular formula is C18H17F2N3O2S. The molecule has 0 radical (unpaired) electrons. The molecule has 3 rings (SSSR count). The predicted octanol–water partition coefficient (Wildman–Crippen LogP) is 2.77. The maximum absolute atomic E-state index is 13.6. The van der Waals surface area contributed by atoms with E-state index in [9.17, 15) is 18.4 Å². The van der Waals surface area contributed by atoms with E-state index in [0.29, 0.717) is 12.5 Å². The highest BCUT2D eigenvalue weighted by Crippen LogP contribution is 2.23. The van der Waals surface area contributed by atoms with Crippen LogP contribution in [-0.4, -0.2) is 23.1 Å². The third-order valence-corrected chi connectivity index (χ3v) is 4.84. The van der Waals surface area contributed by atoms with Gasteiger partial charge in [0.1, 0.15) is 17.1 Å². The van der Waals surface area contributed by atoms with Gasteiger partial charge in [-0.3, -0.25) is 14.9 Å². The summed E-state index contributed by atoms with van der Waals surface area (Å²) in [5.41, 5.74) is 0.468. The van der Waals surface area contributed by atoms with Crippen LogP contribution in [-0.2, 0) is 9.59 Å². The minimum Gasteiger partial charge on any atom is -0.332 e. The molecule has 2 aromatic rings. The number of thioether (sulfide) groups is 1. The van der Waals surface area contributed by atoms with Crippen molar-refractivity contribution in [2.45, 2.75) is 18.0 Å². The molecule has 0 bridgehead atoms. The lowest BCUT2D eigenvalue weighted by atomic mass is 10.0. The van der Waals surface area contributed by atoms with Gasteiger partial charge in [-0.1, -0.05) is 30.3 Å². The van der Waals surface area contributed by atoms with E-state index in [1.165, 1.54) is 17.8 Å². The van der Waals surface area contributed by atoms with Crippen molar-refractivity contribution in [3.05, 3.63) is 65.7 Å². The Morgan fingerprint density at radius 3 is 2.69 bits per heavy atom. The Bertz CT molecular complexity index is 804. The third-order valence-electron chi connectivity index (χ3n) is 3.82. The van der Waals surface area contributed by atoms with Gasteiger partial charge in [0.2, 0.25) is 11.8 Å². The van der Waals surface area contributed by atoms with Crippen molar-refractivity contribution in [3.8, 4) is 0 Å². The van der Waals surface area contributed by atoms with Gasteiger partial charge in [0.15, 0.2) is 0 Å². The lowest BCUT2D eigenvalue weighted by Gasteiger charge is -2.31. The summed E-state index contributed by atoms with van der Waals surface area (Å²) in [6, 6.07) is 12.4. The molecule has 2 aromatic carbocycles. The zero-order valence-corrected chi connectivity index (χ0v) is 14.5. The standard InChI is InChI=1S/C18H17F2N3O2S/c19-12-6-7-14(13(20)8-12)21-17(25)10-26-18-22-15(9-16(24)23-18)11-4-2-1-3-5-11/h1-8,15,18,22H,9-10H2,(H,21,25)(H,23,24). The molecule has 2 unspecified atom stereocenters. The first-order valence-corrected chi connectivity index (χ1v) is 9.03. The van der Waals surface area contributed by atoms with Gasteiger partial charge in [0, 0.05) is 18.5 Å². The van der Waals surface area contributed by atoms with Crippen LogP contribution >= 0.6 is 11.8 Å². The van der Waals surface area contributed by atoms with Crippen molar-refractivity contribution in [3.63, 3.8) is 0 Å². The van der Waals surface area contributed by atoms with Gasteiger partial charge in [-0.15, -0.1) is 11.8 Å². The van der Waals surface area contributed by atoms with Crippen molar-refractivity contribution in [1.82, 2.24) is 10.6 Å². The van der Waals surface area contributed by atoms with Crippen LogP contribution in [0.25, 0.3) is 0 Å². The number of nitrogens with one attached hydrogen (secondary N) is 3. The molecule has 2 atom stereocenters. The Morgan fingerprint density at radius 2 is 1.96 bits per heavy atom. The lowest BCUT2D eigenvalue weighted by Crippen LogP contribution is -2.51. The second kappa shape index (κ2) is 8.29. The minimum atomic E-state index is -0.836. The molecule has 26 heavy (non-hydrogen) atoms. The van der Waals surface area contributed by atoms with Gasteiger partial charge in [-0.05, 0) is 17.7 Å². The molecule has 3 N–H and O–H groups in total. The molecule has 1 aliphatic heterocycles. The average Bonchev–Trinajstić information content (AvgIpc) is 2.63. The summed E-state index contributed by atoms with van der Waals surface area (Å²) in [6.07, 6.45) is 0.314. The second-order valence-corrected chi connectivity index (χ2v) is 6.86. The fraction of sp³-hybridized carbons (Fsp3) is 0.222. The summed E-state index contributed by atoms with van der Waals surface area (Å²) >= 11 is 1.18. The molecule has 2 amide bonds. The molecule has 1 saturated heterocycles. The summed E-state index contributed by atoms with van der Waals surface area (Å²) in [5, 5.41) is 8.42. The highest BCUT2D eigenvalue weighted by atomic mass is 32.2. The van der Waals surface area contributed by atoms with Crippen LogP contribution in [0, 0.1) is 11.6 Å². The number of hydrogen-bond donors (Lipinski definition) is 3. The van der Waals surface area contributed by atoms with Crippen LogP contribution in [0.4, 0.5) is 14.5 Å². The molecule has 5 nitrogen and oxygen atoms in total. The summed E-state index contributed by atoms with van der Waals surface area (Å²) in [4.78, 5) is 23.9. The van der Waals surface area contributed by atoms with Crippen molar-refractivity contribution in [2.75, 3.05) is 11.1 Å².